The lowest BCUT2D eigenvalue weighted by atomic mass is 10.1. The third-order valence-electron chi connectivity index (χ3n) is 2.53. The van der Waals surface area contributed by atoms with Crippen LogP contribution in [0, 0.1) is 11.3 Å². The average Bonchev–Trinajstić information content (AvgIpc) is 2.63. The lowest BCUT2D eigenvalue weighted by molar-refractivity contribution is 1.54. The van der Waals surface area contributed by atoms with Gasteiger partial charge >= 0.3 is 0 Å². The Labute approximate surface area is 133 Å². The fraction of sp³-hybridized carbons (Fsp3) is 0. The molecule has 0 aromatic heterocycles. The van der Waals surface area contributed by atoms with Gasteiger partial charge in [-0.25, -0.2) is 0 Å². The van der Waals surface area contributed by atoms with Crippen LogP contribution in [0.3, 0.4) is 0 Å². The molecule has 0 radical (unpaired) electrons. The molecule has 0 spiro atoms. The standard InChI is InChI=1S/C10H10.C8H8.C3H3N/c1-3-9-5-7-10(4-2)8-6-9;1-2-8-6-4-3-5-7-8;1-2-3-4/h3-8H,1-2H2;2-7H,1H2;2H,1H2. The highest BCUT2D eigenvalue weighted by molar-refractivity contribution is 5.53. The first-order valence-electron chi connectivity index (χ1n) is 6.74. The summed E-state index contributed by atoms with van der Waals surface area (Å²) in [7, 11) is 0. The molecule has 0 aliphatic carbocycles. The van der Waals surface area contributed by atoms with Gasteiger partial charge in [0.1, 0.15) is 0 Å². The summed E-state index contributed by atoms with van der Waals surface area (Å²) in [4.78, 5) is 0. The Bertz CT molecular complexity index is 586. The first-order chi connectivity index (χ1) is 10.7. The minimum atomic E-state index is 1.14. The lowest BCUT2D eigenvalue weighted by Crippen LogP contribution is -1.71. The molecular weight excluding hydrogens is 266 g/mol. The summed E-state index contributed by atoms with van der Waals surface area (Å²) in [6.07, 6.45) is 6.67. The van der Waals surface area contributed by atoms with E-state index in [2.05, 4.69) is 26.3 Å². The zero-order valence-electron chi connectivity index (χ0n) is 12.8. The molecule has 2 rings (SSSR count). The molecule has 110 valence electrons. The summed E-state index contributed by atoms with van der Waals surface area (Å²) in [6, 6.07) is 19.8. The predicted octanol–water partition coefficient (Wildman–Crippen LogP) is 6.00. The van der Waals surface area contributed by atoms with E-state index in [0.717, 1.165) is 11.1 Å². The van der Waals surface area contributed by atoms with Gasteiger partial charge in [-0.1, -0.05) is 99.1 Å². The fourth-order valence-corrected chi connectivity index (χ4v) is 1.36. The van der Waals surface area contributed by atoms with Crippen LogP contribution in [-0.4, -0.2) is 0 Å². The van der Waals surface area contributed by atoms with Crippen molar-refractivity contribution in [1.82, 2.24) is 0 Å². The molecule has 2 aromatic carbocycles. The summed E-state index contributed by atoms with van der Waals surface area (Å²) < 4.78 is 0. The van der Waals surface area contributed by atoms with Crippen LogP contribution in [0.25, 0.3) is 18.2 Å². The second-order valence-corrected chi connectivity index (χ2v) is 4.02. The van der Waals surface area contributed by atoms with Crippen LogP contribution in [0.15, 0.2) is 87.0 Å². The number of rotatable bonds is 3. The van der Waals surface area contributed by atoms with Crippen molar-refractivity contribution in [3.05, 3.63) is 104 Å². The highest BCUT2D eigenvalue weighted by atomic mass is 14.2. The van der Waals surface area contributed by atoms with Gasteiger partial charge in [-0.15, -0.1) is 0 Å². The second kappa shape index (κ2) is 12.9. The average molecular weight is 287 g/mol. The largest absolute Gasteiger partial charge is 0.193 e. The van der Waals surface area contributed by atoms with E-state index < -0.39 is 0 Å². The number of benzene rings is 2. The van der Waals surface area contributed by atoms with E-state index in [1.165, 1.54) is 11.6 Å². The summed E-state index contributed by atoms with van der Waals surface area (Å²) >= 11 is 0. The van der Waals surface area contributed by atoms with Crippen LogP contribution in [0.4, 0.5) is 0 Å². The fourth-order valence-electron chi connectivity index (χ4n) is 1.36. The maximum Gasteiger partial charge on any atom is 0.0905 e. The summed E-state index contributed by atoms with van der Waals surface area (Å²) in [6.45, 7) is 14.1. The number of hydrogen-bond acceptors (Lipinski definition) is 1. The first kappa shape index (κ1) is 18.9. The minimum absolute atomic E-state index is 1.14. The topological polar surface area (TPSA) is 23.8 Å². The molecule has 0 heterocycles. The molecule has 0 N–H and O–H groups in total. The molecule has 0 saturated heterocycles. The second-order valence-electron chi connectivity index (χ2n) is 4.02. The molecule has 0 aliphatic rings. The van der Waals surface area contributed by atoms with Crippen LogP contribution in [0.2, 0.25) is 0 Å². The normalized spacial score (nSPS) is 7.77. The van der Waals surface area contributed by atoms with Gasteiger partial charge in [-0.3, -0.25) is 0 Å². The van der Waals surface area contributed by atoms with Crippen LogP contribution in [-0.2, 0) is 0 Å². The van der Waals surface area contributed by atoms with Gasteiger partial charge in [0, 0.05) is 6.08 Å². The summed E-state index contributed by atoms with van der Waals surface area (Å²) in [5.41, 5.74) is 3.46. The molecule has 0 atom stereocenters. The Morgan fingerprint density at radius 3 is 1.18 bits per heavy atom. The molecular formula is C21H21N. The molecule has 0 aliphatic heterocycles. The van der Waals surface area contributed by atoms with E-state index in [4.69, 9.17) is 5.26 Å². The van der Waals surface area contributed by atoms with Gasteiger partial charge in [0.15, 0.2) is 0 Å². The van der Waals surface area contributed by atoms with E-state index in [1.807, 2.05) is 72.8 Å². The van der Waals surface area contributed by atoms with E-state index in [9.17, 15) is 0 Å². The van der Waals surface area contributed by atoms with E-state index >= 15 is 0 Å². The molecule has 0 bridgehead atoms. The number of nitriles is 1. The molecule has 1 nitrogen and oxygen atoms in total. The smallest absolute Gasteiger partial charge is 0.0905 e. The highest BCUT2D eigenvalue weighted by Crippen LogP contribution is 2.05. The van der Waals surface area contributed by atoms with Crippen molar-refractivity contribution in [3.63, 3.8) is 0 Å². The van der Waals surface area contributed by atoms with Crippen LogP contribution in [0.1, 0.15) is 16.7 Å². The van der Waals surface area contributed by atoms with Gasteiger partial charge in [0.05, 0.1) is 6.07 Å². The molecule has 0 saturated carbocycles. The SMILES string of the molecule is C=CC#N.C=Cc1ccc(C=C)cc1.C=Cc1ccccc1. The third kappa shape index (κ3) is 8.90. The van der Waals surface area contributed by atoms with E-state index in [1.54, 1.807) is 6.07 Å². The predicted molar refractivity (Wildman–Crippen MR) is 99.0 cm³/mol. The van der Waals surface area contributed by atoms with Gasteiger partial charge in [0.25, 0.3) is 0 Å². The maximum absolute atomic E-state index is 7.51. The Balaban J connectivity index is 0.000000330. The van der Waals surface area contributed by atoms with Crippen molar-refractivity contribution in [2.75, 3.05) is 0 Å². The first-order valence-corrected chi connectivity index (χ1v) is 6.74. The van der Waals surface area contributed by atoms with Crippen molar-refractivity contribution >= 4 is 18.2 Å². The Kier molecular flexibility index (Phi) is 11.1. The van der Waals surface area contributed by atoms with Crippen LogP contribution >= 0.6 is 0 Å². The molecule has 0 unspecified atom stereocenters. The van der Waals surface area contributed by atoms with E-state index in [-0.39, 0.29) is 0 Å². The lowest BCUT2D eigenvalue weighted by Gasteiger charge is -1.92. The number of nitrogens with zero attached hydrogens (tertiary/aromatic N) is 1. The van der Waals surface area contributed by atoms with Gasteiger partial charge in [-0.05, 0) is 16.7 Å². The monoisotopic (exact) mass is 287 g/mol. The van der Waals surface area contributed by atoms with Crippen molar-refractivity contribution in [3.8, 4) is 6.07 Å². The van der Waals surface area contributed by atoms with Crippen molar-refractivity contribution in [2.24, 2.45) is 0 Å². The van der Waals surface area contributed by atoms with Crippen molar-refractivity contribution < 1.29 is 0 Å². The third-order valence-corrected chi connectivity index (χ3v) is 2.53. The minimum Gasteiger partial charge on any atom is -0.193 e. The summed E-state index contributed by atoms with van der Waals surface area (Å²) in [5.74, 6) is 0. The highest BCUT2D eigenvalue weighted by Gasteiger charge is 1.84. The Morgan fingerprint density at radius 1 is 0.636 bits per heavy atom. The Morgan fingerprint density at radius 2 is 0.955 bits per heavy atom. The van der Waals surface area contributed by atoms with Gasteiger partial charge < -0.3 is 0 Å². The van der Waals surface area contributed by atoms with Crippen LogP contribution < -0.4 is 0 Å². The zero-order chi connectivity index (χ0) is 16.6. The quantitative estimate of drug-likeness (QED) is 0.635. The Hall–Kier alpha value is -3.11. The van der Waals surface area contributed by atoms with Gasteiger partial charge in [0.2, 0.25) is 0 Å². The summed E-state index contributed by atoms with van der Waals surface area (Å²) in [5, 5.41) is 7.51. The molecule has 0 fully saturated rings. The van der Waals surface area contributed by atoms with Crippen LogP contribution in [0.5, 0.6) is 0 Å². The van der Waals surface area contributed by atoms with E-state index in [0.29, 0.717) is 0 Å². The zero-order valence-corrected chi connectivity index (χ0v) is 12.8. The number of hydrogen-bond donors (Lipinski definition) is 0. The van der Waals surface area contributed by atoms with Crippen molar-refractivity contribution in [2.45, 2.75) is 0 Å². The molecule has 1 heteroatoms. The van der Waals surface area contributed by atoms with Gasteiger partial charge in [-0.2, -0.15) is 5.26 Å². The number of allylic oxidation sites excluding steroid dienone is 1. The maximum atomic E-state index is 7.51. The molecule has 22 heavy (non-hydrogen) atoms. The molecule has 0 amide bonds. The molecule has 2 aromatic rings. The van der Waals surface area contributed by atoms with Crippen molar-refractivity contribution in [1.29, 1.82) is 5.26 Å².